The Kier molecular flexibility index (Phi) is 4.24. The minimum atomic E-state index is -0.855. The summed E-state index contributed by atoms with van der Waals surface area (Å²) in [6.07, 6.45) is 5.86. The van der Waals surface area contributed by atoms with Crippen molar-refractivity contribution in [2.45, 2.75) is 57.0 Å². The molecule has 1 aliphatic heterocycles. The highest BCUT2D eigenvalue weighted by Gasteiger charge is 2.47. The summed E-state index contributed by atoms with van der Waals surface area (Å²) in [7, 11) is 0. The number of aryl methyl sites for hydroxylation is 1. The third kappa shape index (κ3) is 2.95. The predicted molar refractivity (Wildman–Crippen MR) is 79.1 cm³/mol. The summed E-state index contributed by atoms with van der Waals surface area (Å²) in [6.45, 7) is 0. The Morgan fingerprint density at radius 3 is 2.90 bits per heavy atom. The first kappa shape index (κ1) is 14.5. The Hall–Kier alpha value is -1.43. The van der Waals surface area contributed by atoms with E-state index in [1.165, 1.54) is 11.3 Å². The zero-order chi connectivity index (χ0) is 14.8. The van der Waals surface area contributed by atoms with E-state index < -0.39 is 12.0 Å². The molecule has 0 unspecified atom stereocenters. The molecule has 2 aliphatic rings. The van der Waals surface area contributed by atoms with Crippen LogP contribution in [0.1, 0.15) is 44.2 Å². The molecule has 6 heteroatoms. The normalized spacial score (nSPS) is 28.4. The molecule has 0 radical (unpaired) electrons. The van der Waals surface area contributed by atoms with Crippen molar-refractivity contribution in [3.63, 3.8) is 0 Å². The van der Waals surface area contributed by atoms with E-state index in [4.69, 9.17) is 0 Å². The topological polar surface area (TPSA) is 70.5 Å². The molecular weight excluding hydrogens is 288 g/mol. The van der Waals surface area contributed by atoms with Crippen LogP contribution in [0, 0.1) is 5.92 Å². The number of hydrogen-bond acceptors (Lipinski definition) is 4. The number of likely N-dealkylation sites (tertiary alicyclic amines) is 1. The van der Waals surface area contributed by atoms with E-state index in [9.17, 15) is 14.7 Å². The molecule has 2 heterocycles. The van der Waals surface area contributed by atoms with Crippen molar-refractivity contribution >= 4 is 23.2 Å². The highest BCUT2D eigenvalue weighted by Crippen LogP contribution is 2.40. The number of aromatic nitrogens is 1. The van der Waals surface area contributed by atoms with Crippen LogP contribution in [0.5, 0.6) is 0 Å². The summed E-state index contributed by atoms with van der Waals surface area (Å²) < 4.78 is 0. The van der Waals surface area contributed by atoms with Crippen LogP contribution in [-0.4, -0.2) is 39.0 Å². The first-order valence-electron chi connectivity index (χ1n) is 7.58. The number of carbonyl (C=O) groups excluding carboxylic acids is 1. The third-order valence-corrected chi connectivity index (χ3v) is 5.37. The number of fused-ring (bicyclic) bond motifs is 1. The minimum Gasteiger partial charge on any atom is -0.480 e. The van der Waals surface area contributed by atoms with E-state index in [-0.39, 0.29) is 11.9 Å². The molecule has 2 fully saturated rings. The summed E-state index contributed by atoms with van der Waals surface area (Å²) in [5.41, 5.74) is 2.67. The Labute approximate surface area is 128 Å². The van der Waals surface area contributed by atoms with Crippen LogP contribution in [0.3, 0.4) is 0 Å². The molecule has 1 saturated heterocycles. The zero-order valence-corrected chi connectivity index (χ0v) is 12.7. The average Bonchev–Trinajstić information content (AvgIpc) is 3.11. The fourth-order valence-corrected chi connectivity index (χ4v) is 4.36. The lowest BCUT2D eigenvalue weighted by Gasteiger charge is -2.33. The van der Waals surface area contributed by atoms with Gasteiger partial charge < -0.3 is 10.0 Å². The van der Waals surface area contributed by atoms with Crippen molar-refractivity contribution in [3.8, 4) is 0 Å². The molecule has 1 aromatic heterocycles. The maximum absolute atomic E-state index is 12.5. The van der Waals surface area contributed by atoms with Gasteiger partial charge in [0.25, 0.3) is 0 Å². The number of nitrogens with zero attached hydrogens (tertiary/aromatic N) is 2. The number of carbonyl (C=O) groups is 2. The summed E-state index contributed by atoms with van der Waals surface area (Å²) in [5, 5.41) is 11.4. The van der Waals surface area contributed by atoms with Crippen molar-refractivity contribution in [2.75, 3.05) is 0 Å². The van der Waals surface area contributed by atoms with Crippen LogP contribution < -0.4 is 0 Å². The molecule has 1 amide bonds. The summed E-state index contributed by atoms with van der Waals surface area (Å²) >= 11 is 1.52. The maximum atomic E-state index is 12.5. The molecule has 5 nitrogen and oxygen atoms in total. The number of hydrogen-bond donors (Lipinski definition) is 1. The monoisotopic (exact) mass is 308 g/mol. The standard InChI is InChI=1S/C15H20N2O3S/c18-14(6-5-11-8-21-9-16-11)17-12-4-2-1-3-10(12)7-13(17)15(19)20/h8-10,12-13H,1-7H2,(H,19,20)/t10-,12-,13-/m0/s1. The summed E-state index contributed by atoms with van der Waals surface area (Å²) in [4.78, 5) is 29.9. The van der Waals surface area contributed by atoms with Gasteiger partial charge in [0.05, 0.1) is 11.2 Å². The molecule has 1 saturated carbocycles. The van der Waals surface area contributed by atoms with Crippen LogP contribution in [0.25, 0.3) is 0 Å². The smallest absolute Gasteiger partial charge is 0.326 e. The number of carboxylic acids is 1. The van der Waals surface area contributed by atoms with E-state index >= 15 is 0 Å². The molecule has 0 aromatic carbocycles. The van der Waals surface area contributed by atoms with Gasteiger partial charge in [-0.3, -0.25) is 4.79 Å². The molecule has 3 rings (SSSR count). The fourth-order valence-electron chi connectivity index (χ4n) is 3.76. The quantitative estimate of drug-likeness (QED) is 0.926. The number of aliphatic carboxylic acids is 1. The molecule has 1 aromatic rings. The van der Waals surface area contributed by atoms with Gasteiger partial charge in [0.15, 0.2) is 0 Å². The van der Waals surface area contributed by atoms with Crippen LogP contribution in [0.2, 0.25) is 0 Å². The first-order chi connectivity index (χ1) is 10.2. The minimum absolute atomic E-state index is 0.0233. The highest BCUT2D eigenvalue weighted by atomic mass is 32.1. The van der Waals surface area contributed by atoms with Gasteiger partial charge >= 0.3 is 5.97 Å². The molecule has 0 bridgehead atoms. The van der Waals surface area contributed by atoms with Gasteiger partial charge in [0.1, 0.15) is 6.04 Å². The second-order valence-electron chi connectivity index (χ2n) is 5.98. The Morgan fingerprint density at radius 1 is 1.38 bits per heavy atom. The van der Waals surface area contributed by atoms with Crippen LogP contribution in [-0.2, 0) is 16.0 Å². The molecule has 0 spiro atoms. The molecule has 114 valence electrons. The number of carboxylic acid groups (broad SMARTS) is 1. The van der Waals surface area contributed by atoms with Crippen LogP contribution in [0.15, 0.2) is 10.9 Å². The van der Waals surface area contributed by atoms with Gasteiger partial charge in [-0.25, -0.2) is 9.78 Å². The first-order valence-corrected chi connectivity index (χ1v) is 8.52. The Morgan fingerprint density at radius 2 is 2.19 bits per heavy atom. The molecule has 21 heavy (non-hydrogen) atoms. The third-order valence-electron chi connectivity index (χ3n) is 4.74. The van der Waals surface area contributed by atoms with Crippen molar-refractivity contribution in [3.05, 3.63) is 16.6 Å². The Balaban J connectivity index is 1.70. The van der Waals surface area contributed by atoms with Gasteiger partial charge in [-0.05, 0) is 31.6 Å². The lowest BCUT2D eigenvalue weighted by Crippen LogP contribution is -2.46. The number of rotatable bonds is 4. The number of amides is 1. The molecule has 1 aliphatic carbocycles. The van der Waals surface area contributed by atoms with Gasteiger partial charge in [-0.1, -0.05) is 12.8 Å². The highest BCUT2D eigenvalue weighted by molar-refractivity contribution is 7.07. The SMILES string of the molecule is O=C(O)[C@@H]1C[C@@H]2CCCC[C@@H]2N1C(=O)CCc1cscn1. The fraction of sp³-hybridized carbons (Fsp3) is 0.667. The second kappa shape index (κ2) is 6.13. The van der Waals surface area contributed by atoms with Crippen molar-refractivity contribution in [1.82, 2.24) is 9.88 Å². The van der Waals surface area contributed by atoms with Crippen molar-refractivity contribution < 1.29 is 14.7 Å². The summed E-state index contributed by atoms with van der Waals surface area (Å²) in [6, 6.07) is -0.483. The molecular formula is C15H20N2O3S. The van der Waals surface area contributed by atoms with Gasteiger partial charge in [-0.15, -0.1) is 11.3 Å². The lowest BCUT2D eigenvalue weighted by atomic mass is 9.84. The van der Waals surface area contributed by atoms with Gasteiger partial charge in [-0.2, -0.15) is 0 Å². The lowest BCUT2D eigenvalue weighted by molar-refractivity contribution is -0.149. The molecule has 3 atom stereocenters. The van der Waals surface area contributed by atoms with E-state index in [0.717, 1.165) is 31.4 Å². The van der Waals surface area contributed by atoms with E-state index in [2.05, 4.69) is 4.98 Å². The van der Waals surface area contributed by atoms with E-state index in [1.54, 1.807) is 10.4 Å². The average molecular weight is 308 g/mol. The van der Waals surface area contributed by atoms with Crippen molar-refractivity contribution in [1.29, 1.82) is 0 Å². The van der Waals surface area contributed by atoms with E-state index in [1.807, 2.05) is 5.38 Å². The van der Waals surface area contributed by atoms with Gasteiger partial charge in [0.2, 0.25) is 5.91 Å². The van der Waals surface area contributed by atoms with Crippen LogP contribution in [0.4, 0.5) is 0 Å². The molecule has 1 N–H and O–H groups in total. The van der Waals surface area contributed by atoms with Crippen molar-refractivity contribution in [2.24, 2.45) is 5.92 Å². The summed E-state index contributed by atoms with van der Waals surface area (Å²) in [5.74, 6) is -0.501. The van der Waals surface area contributed by atoms with E-state index in [0.29, 0.717) is 25.2 Å². The van der Waals surface area contributed by atoms with Gasteiger partial charge in [0, 0.05) is 17.8 Å². The predicted octanol–water partition coefficient (Wildman–Crippen LogP) is 2.32. The maximum Gasteiger partial charge on any atom is 0.326 e. The number of thiazole rings is 1. The van der Waals surface area contributed by atoms with Crippen LogP contribution >= 0.6 is 11.3 Å². The largest absolute Gasteiger partial charge is 0.480 e. The Bertz CT molecular complexity index is 517. The zero-order valence-electron chi connectivity index (χ0n) is 11.9. The second-order valence-corrected chi connectivity index (χ2v) is 6.70.